The van der Waals surface area contributed by atoms with Crippen LogP contribution in [-0.4, -0.2) is 47.8 Å². The number of carbonyl (C=O) groups is 1. The lowest BCUT2D eigenvalue weighted by atomic mass is 10.0. The van der Waals surface area contributed by atoms with Crippen LogP contribution in [-0.2, 0) is 6.54 Å². The number of carbonyl (C=O) groups excluding carboxylic acids is 1. The Balaban J connectivity index is 1.58. The Kier molecular flexibility index (Phi) is 3.53. The van der Waals surface area contributed by atoms with Crippen LogP contribution in [0, 0.1) is 0 Å². The van der Waals surface area contributed by atoms with Crippen molar-refractivity contribution in [2.45, 2.75) is 31.8 Å². The normalized spacial score (nSPS) is 18.4. The van der Waals surface area contributed by atoms with Gasteiger partial charge < -0.3 is 4.90 Å². The molecule has 1 amide bonds. The van der Waals surface area contributed by atoms with Gasteiger partial charge in [-0.15, -0.1) is 10.2 Å². The number of fused-ring (bicyclic) bond motifs is 1. The zero-order valence-corrected chi connectivity index (χ0v) is 12.7. The van der Waals surface area contributed by atoms with Crippen LogP contribution < -0.4 is 0 Å². The summed E-state index contributed by atoms with van der Waals surface area (Å²) in [6.45, 7) is 1.54. The number of nitrogens with zero attached hydrogens (tertiary/aromatic N) is 6. The number of aromatic nitrogens is 5. The minimum Gasteiger partial charge on any atom is -0.334 e. The first-order valence-electron chi connectivity index (χ1n) is 7.89. The molecule has 7 heteroatoms. The zero-order chi connectivity index (χ0) is 15.6. The summed E-state index contributed by atoms with van der Waals surface area (Å²) in [5.41, 5.74) is 1.41. The molecule has 0 saturated carbocycles. The molecule has 0 bridgehead atoms. The Morgan fingerprint density at radius 1 is 1.30 bits per heavy atom. The van der Waals surface area contributed by atoms with Crippen molar-refractivity contribution in [3.63, 3.8) is 0 Å². The van der Waals surface area contributed by atoms with Crippen molar-refractivity contribution in [2.75, 3.05) is 6.54 Å². The largest absolute Gasteiger partial charge is 0.334 e. The van der Waals surface area contributed by atoms with Crippen molar-refractivity contribution in [2.24, 2.45) is 0 Å². The monoisotopic (exact) mass is 310 g/mol. The van der Waals surface area contributed by atoms with Crippen LogP contribution in [0.25, 0.3) is 5.65 Å². The van der Waals surface area contributed by atoms with Gasteiger partial charge in [-0.05, 0) is 37.5 Å². The highest BCUT2D eigenvalue weighted by atomic mass is 16.2. The predicted octanol–water partition coefficient (Wildman–Crippen LogP) is 1.62. The van der Waals surface area contributed by atoms with Crippen molar-refractivity contribution in [1.82, 2.24) is 29.3 Å². The Labute approximate surface area is 133 Å². The number of hydrogen-bond acceptors (Lipinski definition) is 4. The van der Waals surface area contributed by atoms with Gasteiger partial charge >= 0.3 is 0 Å². The highest BCUT2D eigenvalue weighted by molar-refractivity contribution is 5.94. The van der Waals surface area contributed by atoms with Crippen molar-refractivity contribution < 1.29 is 4.79 Å². The molecule has 118 valence electrons. The van der Waals surface area contributed by atoms with E-state index < -0.39 is 0 Å². The zero-order valence-electron chi connectivity index (χ0n) is 12.7. The van der Waals surface area contributed by atoms with Gasteiger partial charge in [-0.3, -0.25) is 13.9 Å². The highest BCUT2D eigenvalue weighted by Gasteiger charge is 2.28. The molecule has 0 aliphatic carbocycles. The first-order chi connectivity index (χ1) is 11.3. The molecule has 1 atom stereocenters. The Bertz CT molecular complexity index is 809. The minimum atomic E-state index is 0.0671. The van der Waals surface area contributed by atoms with Gasteiger partial charge in [-0.2, -0.15) is 5.10 Å². The minimum absolute atomic E-state index is 0.0671. The van der Waals surface area contributed by atoms with E-state index in [9.17, 15) is 4.79 Å². The van der Waals surface area contributed by atoms with Crippen LogP contribution in [0.2, 0.25) is 0 Å². The molecule has 3 aromatic rings. The van der Waals surface area contributed by atoms with Gasteiger partial charge in [-0.25, -0.2) is 0 Å². The molecule has 0 unspecified atom stereocenters. The molecule has 0 aromatic carbocycles. The third-order valence-electron chi connectivity index (χ3n) is 4.38. The van der Waals surface area contributed by atoms with E-state index in [-0.39, 0.29) is 11.9 Å². The number of amides is 1. The fourth-order valence-electron chi connectivity index (χ4n) is 3.20. The number of rotatable bonds is 3. The number of piperidine rings is 1. The molecule has 0 N–H and O–H groups in total. The molecule has 4 rings (SSSR count). The third kappa shape index (κ3) is 2.69. The van der Waals surface area contributed by atoms with E-state index in [2.05, 4.69) is 15.3 Å². The van der Waals surface area contributed by atoms with E-state index in [0.29, 0.717) is 5.56 Å². The maximum Gasteiger partial charge on any atom is 0.255 e. The Morgan fingerprint density at radius 2 is 2.26 bits per heavy atom. The Hall–Kier alpha value is -2.70. The average Bonchev–Trinajstić information content (AvgIpc) is 3.25. The standard InChI is InChI=1S/C16H18N6O/c23-16(13-5-6-15-19-17-12-20(15)10-13)22-9-2-1-4-14(22)11-21-8-3-7-18-21/h3,5-8,10,12,14H,1-2,4,9,11H2/t14-/m0/s1. The van der Waals surface area contributed by atoms with Crippen LogP contribution in [0.5, 0.6) is 0 Å². The molecular weight excluding hydrogens is 292 g/mol. The lowest BCUT2D eigenvalue weighted by Gasteiger charge is -2.35. The molecule has 1 fully saturated rings. The fraction of sp³-hybridized carbons (Fsp3) is 0.375. The Morgan fingerprint density at radius 3 is 3.13 bits per heavy atom. The molecule has 1 saturated heterocycles. The molecular formula is C16H18N6O. The van der Waals surface area contributed by atoms with E-state index >= 15 is 0 Å². The van der Waals surface area contributed by atoms with Crippen molar-refractivity contribution >= 4 is 11.6 Å². The van der Waals surface area contributed by atoms with Crippen LogP contribution in [0.15, 0.2) is 43.1 Å². The van der Waals surface area contributed by atoms with Crippen molar-refractivity contribution in [3.8, 4) is 0 Å². The summed E-state index contributed by atoms with van der Waals surface area (Å²) >= 11 is 0. The third-order valence-corrected chi connectivity index (χ3v) is 4.38. The summed E-state index contributed by atoms with van der Waals surface area (Å²) in [6, 6.07) is 5.75. The summed E-state index contributed by atoms with van der Waals surface area (Å²) in [6.07, 6.45) is 10.4. The molecule has 1 aliphatic rings. The topological polar surface area (TPSA) is 68.3 Å². The summed E-state index contributed by atoms with van der Waals surface area (Å²) in [5, 5.41) is 12.1. The average molecular weight is 310 g/mol. The van der Waals surface area contributed by atoms with Crippen LogP contribution >= 0.6 is 0 Å². The maximum absolute atomic E-state index is 12.9. The van der Waals surface area contributed by atoms with Gasteiger partial charge in [0.25, 0.3) is 5.91 Å². The van der Waals surface area contributed by atoms with Crippen LogP contribution in [0.4, 0.5) is 0 Å². The second kappa shape index (κ2) is 5.83. The first-order valence-corrected chi connectivity index (χ1v) is 7.89. The lowest BCUT2D eigenvalue weighted by Crippen LogP contribution is -2.46. The van der Waals surface area contributed by atoms with Gasteiger partial charge in [0.1, 0.15) is 6.33 Å². The maximum atomic E-state index is 12.9. The van der Waals surface area contributed by atoms with E-state index in [4.69, 9.17) is 0 Å². The number of hydrogen-bond donors (Lipinski definition) is 0. The van der Waals surface area contributed by atoms with Gasteiger partial charge in [0.15, 0.2) is 5.65 Å². The summed E-state index contributed by atoms with van der Waals surface area (Å²) in [4.78, 5) is 14.9. The van der Waals surface area contributed by atoms with E-state index in [1.165, 1.54) is 0 Å². The molecule has 23 heavy (non-hydrogen) atoms. The van der Waals surface area contributed by atoms with Gasteiger partial charge in [0.05, 0.1) is 18.2 Å². The van der Waals surface area contributed by atoms with Gasteiger partial charge in [-0.1, -0.05) is 0 Å². The van der Waals surface area contributed by atoms with Gasteiger partial charge in [0.2, 0.25) is 0 Å². The van der Waals surface area contributed by atoms with Crippen molar-refractivity contribution in [3.05, 3.63) is 48.7 Å². The number of likely N-dealkylation sites (tertiary alicyclic amines) is 1. The summed E-state index contributed by atoms with van der Waals surface area (Å²) in [5.74, 6) is 0.0671. The van der Waals surface area contributed by atoms with E-state index in [0.717, 1.165) is 38.0 Å². The molecule has 0 spiro atoms. The molecule has 1 aliphatic heterocycles. The molecule has 3 aromatic heterocycles. The lowest BCUT2D eigenvalue weighted by molar-refractivity contribution is 0.0583. The van der Waals surface area contributed by atoms with E-state index in [1.54, 1.807) is 23.1 Å². The molecule has 7 nitrogen and oxygen atoms in total. The molecule has 4 heterocycles. The van der Waals surface area contributed by atoms with Gasteiger partial charge in [0, 0.05) is 25.1 Å². The second-order valence-electron chi connectivity index (χ2n) is 5.89. The summed E-state index contributed by atoms with van der Waals surface area (Å²) < 4.78 is 3.68. The number of pyridine rings is 1. The quantitative estimate of drug-likeness (QED) is 0.737. The van der Waals surface area contributed by atoms with Crippen LogP contribution in [0.1, 0.15) is 29.6 Å². The summed E-state index contributed by atoms with van der Waals surface area (Å²) in [7, 11) is 0. The van der Waals surface area contributed by atoms with E-state index in [1.807, 2.05) is 34.0 Å². The smallest absolute Gasteiger partial charge is 0.255 e. The fourth-order valence-corrected chi connectivity index (χ4v) is 3.20. The second-order valence-corrected chi connectivity index (χ2v) is 5.89. The van der Waals surface area contributed by atoms with Crippen molar-refractivity contribution in [1.29, 1.82) is 0 Å². The predicted molar refractivity (Wildman–Crippen MR) is 83.9 cm³/mol. The SMILES string of the molecule is O=C(c1ccc2nncn2c1)N1CCCC[C@H]1Cn1cccn1. The van der Waals surface area contributed by atoms with Crippen LogP contribution in [0.3, 0.4) is 0 Å². The first kappa shape index (κ1) is 13.9. The molecule has 0 radical (unpaired) electrons. The highest BCUT2D eigenvalue weighted by Crippen LogP contribution is 2.21.